The van der Waals surface area contributed by atoms with E-state index in [1.54, 1.807) is 0 Å². The topological polar surface area (TPSA) is 87.4 Å². The smallest absolute Gasteiger partial charge is 0.273 e. The molecule has 0 radical (unpaired) electrons. The van der Waals surface area contributed by atoms with Crippen molar-refractivity contribution in [2.24, 2.45) is 5.92 Å². The molecule has 17 heavy (non-hydrogen) atoms. The predicted molar refractivity (Wildman–Crippen MR) is 58.3 cm³/mol. The Balaban J connectivity index is 1.60. The largest absolute Gasteiger partial charge is 0.389 e. The standard InChI is InChI=1S/C11H15N3O3/c15-10-8(5-12-9(10)6-1-2-6)13-11(16)7-3-4-17-14-7/h3-4,6,8-10,12,15H,1-2,5H2,(H,13,16). The predicted octanol–water partition coefficient (Wildman–Crippen LogP) is -0.484. The van der Waals surface area contributed by atoms with Crippen LogP contribution < -0.4 is 10.6 Å². The number of rotatable bonds is 3. The second-order valence-corrected chi connectivity index (χ2v) is 4.73. The second-order valence-electron chi connectivity index (χ2n) is 4.73. The number of hydrogen-bond donors (Lipinski definition) is 3. The van der Waals surface area contributed by atoms with Gasteiger partial charge in [0.1, 0.15) is 6.26 Å². The minimum absolute atomic E-state index is 0.123. The van der Waals surface area contributed by atoms with Crippen molar-refractivity contribution in [2.75, 3.05) is 6.54 Å². The lowest BCUT2D eigenvalue weighted by molar-refractivity contribution is 0.0842. The van der Waals surface area contributed by atoms with E-state index < -0.39 is 6.10 Å². The van der Waals surface area contributed by atoms with Gasteiger partial charge in [0.25, 0.3) is 5.91 Å². The lowest BCUT2D eigenvalue weighted by Crippen LogP contribution is -2.44. The molecule has 0 spiro atoms. The van der Waals surface area contributed by atoms with Crippen LogP contribution in [0.15, 0.2) is 16.9 Å². The van der Waals surface area contributed by atoms with Gasteiger partial charge in [0.05, 0.1) is 12.1 Å². The summed E-state index contributed by atoms with van der Waals surface area (Å²) in [5.74, 6) is 0.264. The van der Waals surface area contributed by atoms with Crippen LogP contribution in [0, 0.1) is 5.92 Å². The number of aromatic nitrogens is 1. The normalized spacial score (nSPS) is 32.6. The van der Waals surface area contributed by atoms with Crippen molar-refractivity contribution in [3.8, 4) is 0 Å². The first kappa shape index (κ1) is 10.7. The molecule has 2 heterocycles. The number of nitrogens with zero attached hydrogens (tertiary/aromatic N) is 1. The van der Waals surface area contributed by atoms with Crippen LogP contribution in [-0.2, 0) is 0 Å². The number of aliphatic hydroxyl groups is 1. The van der Waals surface area contributed by atoms with E-state index in [-0.39, 0.29) is 23.7 Å². The van der Waals surface area contributed by atoms with E-state index in [0.29, 0.717) is 12.5 Å². The Hall–Kier alpha value is -1.40. The third-order valence-electron chi connectivity index (χ3n) is 3.47. The second kappa shape index (κ2) is 4.12. The molecule has 1 aromatic rings. The summed E-state index contributed by atoms with van der Waals surface area (Å²) in [5, 5.41) is 19.7. The van der Waals surface area contributed by atoms with Crippen LogP contribution in [0.2, 0.25) is 0 Å². The number of aliphatic hydroxyl groups excluding tert-OH is 1. The number of nitrogens with one attached hydrogen (secondary N) is 2. The first-order valence-corrected chi connectivity index (χ1v) is 5.88. The van der Waals surface area contributed by atoms with Gasteiger partial charge >= 0.3 is 0 Å². The molecule has 3 unspecified atom stereocenters. The van der Waals surface area contributed by atoms with E-state index in [4.69, 9.17) is 0 Å². The van der Waals surface area contributed by atoms with Crippen LogP contribution >= 0.6 is 0 Å². The van der Waals surface area contributed by atoms with Gasteiger partial charge in [0, 0.05) is 18.7 Å². The highest BCUT2D eigenvalue weighted by molar-refractivity contribution is 5.92. The molecule has 6 heteroatoms. The molecule has 3 rings (SSSR count). The molecular formula is C11H15N3O3. The van der Waals surface area contributed by atoms with Gasteiger partial charge < -0.3 is 20.3 Å². The summed E-state index contributed by atoms with van der Waals surface area (Å²) in [4.78, 5) is 11.7. The van der Waals surface area contributed by atoms with E-state index in [0.717, 1.165) is 0 Å². The molecule has 1 amide bonds. The summed E-state index contributed by atoms with van der Waals surface area (Å²) in [5.41, 5.74) is 0.243. The lowest BCUT2D eigenvalue weighted by Gasteiger charge is -2.18. The van der Waals surface area contributed by atoms with Crippen molar-refractivity contribution in [1.29, 1.82) is 0 Å². The maximum Gasteiger partial charge on any atom is 0.273 e. The molecule has 1 aliphatic heterocycles. The zero-order valence-corrected chi connectivity index (χ0v) is 9.30. The Labute approximate surface area is 98.4 Å². The minimum atomic E-state index is -0.515. The monoisotopic (exact) mass is 237 g/mol. The summed E-state index contributed by atoms with van der Waals surface area (Å²) < 4.78 is 4.61. The van der Waals surface area contributed by atoms with Gasteiger partial charge in [0.15, 0.2) is 5.69 Å². The van der Waals surface area contributed by atoms with Gasteiger partial charge in [-0.1, -0.05) is 5.16 Å². The average molecular weight is 237 g/mol. The van der Waals surface area contributed by atoms with Crippen LogP contribution in [0.5, 0.6) is 0 Å². The minimum Gasteiger partial charge on any atom is -0.389 e. The maximum absolute atomic E-state index is 11.7. The molecule has 2 fully saturated rings. The van der Waals surface area contributed by atoms with Crippen LogP contribution in [0.4, 0.5) is 0 Å². The highest BCUT2D eigenvalue weighted by atomic mass is 16.5. The van der Waals surface area contributed by atoms with Crippen molar-refractivity contribution in [1.82, 2.24) is 15.8 Å². The van der Waals surface area contributed by atoms with Crippen LogP contribution in [0.3, 0.4) is 0 Å². The molecule has 6 nitrogen and oxygen atoms in total. The van der Waals surface area contributed by atoms with Crippen LogP contribution in [0.25, 0.3) is 0 Å². The first-order valence-electron chi connectivity index (χ1n) is 5.88. The van der Waals surface area contributed by atoms with Crippen LogP contribution in [-0.4, -0.2) is 40.9 Å². The number of carbonyl (C=O) groups is 1. The summed E-state index contributed by atoms with van der Waals surface area (Å²) in [6.45, 7) is 0.603. The summed E-state index contributed by atoms with van der Waals surface area (Å²) in [7, 11) is 0. The summed E-state index contributed by atoms with van der Waals surface area (Å²) in [6.07, 6.45) is 3.17. The van der Waals surface area contributed by atoms with Gasteiger partial charge in [0.2, 0.25) is 0 Å². The quantitative estimate of drug-likeness (QED) is 0.660. The maximum atomic E-state index is 11.7. The Bertz CT molecular complexity index is 402. The Morgan fingerprint density at radius 1 is 1.59 bits per heavy atom. The van der Waals surface area contributed by atoms with Gasteiger partial charge in [-0.3, -0.25) is 4.79 Å². The number of hydrogen-bond acceptors (Lipinski definition) is 5. The molecule has 2 aliphatic rings. The molecule has 3 N–H and O–H groups in total. The molecule has 0 aromatic carbocycles. The fourth-order valence-electron chi connectivity index (χ4n) is 2.36. The molecule has 1 aliphatic carbocycles. The first-order chi connectivity index (χ1) is 8.25. The van der Waals surface area contributed by atoms with Crippen molar-refractivity contribution in [3.63, 3.8) is 0 Å². The van der Waals surface area contributed by atoms with Crippen LogP contribution in [0.1, 0.15) is 23.3 Å². The fourth-order valence-corrected chi connectivity index (χ4v) is 2.36. The fraction of sp³-hybridized carbons (Fsp3) is 0.636. The summed E-state index contributed by atoms with van der Waals surface area (Å²) >= 11 is 0. The van der Waals surface area contributed by atoms with E-state index in [1.807, 2.05) is 0 Å². The van der Waals surface area contributed by atoms with E-state index in [9.17, 15) is 9.90 Å². The molecule has 0 bridgehead atoms. The Kier molecular flexibility index (Phi) is 2.60. The van der Waals surface area contributed by atoms with E-state index in [1.165, 1.54) is 25.2 Å². The Morgan fingerprint density at radius 3 is 3.06 bits per heavy atom. The molecule has 1 saturated heterocycles. The van der Waals surface area contributed by atoms with Crippen molar-refractivity contribution in [3.05, 3.63) is 18.0 Å². The van der Waals surface area contributed by atoms with Crippen molar-refractivity contribution in [2.45, 2.75) is 31.0 Å². The third-order valence-corrected chi connectivity index (χ3v) is 3.47. The summed E-state index contributed by atoms with van der Waals surface area (Å²) in [6, 6.07) is 1.38. The molecule has 1 aromatic heterocycles. The molecule has 92 valence electrons. The van der Waals surface area contributed by atoms with Crippen molar-refractivity contribution >= 4 is 5.91 Å². The molecule has 1 saturated carbocycles. The third kappa shape index (κ3) is 2.05. The Morgan fingerprint density at radius 2 is 2.41 bits per heavy atom. The van der Waals surface area contributed by atoms with Gasteiger partial charge in [-0.15, -0.1) is 0 Å². The zero-order chi connectivity index (χ0) is 11.8. The lowest BCUT2D eigenvalue weighted by atomic mass is 10.0. The van der Waals surface area contributed by atoms with Crippen molar-refractivity contribution < 1.29 is 14.4 Å². The molecule has 3 atom stereocenters. The van der Waals surface area contributed by atoms with E-state index >= 15 is 0 Å². The molecular weight excluding hydrogens is 222 g/mol. The average Bonchev–Trinajstić information content (AvgIpc) is 2.89. The zero-order valence-electron chi connectivity index (χ0n) is 9.30. The number of amides is 1. The highest BCUT2D eigenvalue weighted by Gasteiger charge is 2.43. The van der Waals surface area contributed by atoms with Gasteiger partial charge in [-0.2, -0.15) is 0 Å². The highest BCUT2D eigenvalue weighted by Crippen LogP contribution is 2.36. The van der Waals surface area contributed by atoms with Gasteiger partial charge in [-0.05, 0) is 18.8 Å². The number of carbonyl (C=O) groups excluding carboxylic acids is 1. The van der Waals surface area contributed by atoms with Gasteiger partial charge in [-0.25, -0.2) is 0 Å². The van der Waals surface area contributed by atoms with E-state index in [2.05, 4.69) is 20.3 Å². The SMILES string of the molecule is O=C(NC1CNC(C2CC2)C1O)c1ccon1.